The van der Waals surface area contributed by atoms with Crippen molar-refractivity contribution in [1.82, 2.24) is 24.5 Å². The van der Waals surface area contributed by atoms with E-state index in [4.69, 9.17) is 0 Å². The van der Waals surface area contributed by atoms with Crippen LogP contribution in [0.3, 0.4) is 0 Å². The normalized spacial score (nSPS) is 16.7. The Morgan fingerprint density at radius 3 is 2.65 bits per heavy atom. The number of hydrogen-bond acceptors (Lipinski definition) is 5. The maximum Gasteiger partial charge on any atom is 0.260 e. The van der Waals surface area contributed by atoms with Gasteiger partial charge < -0.3 is 14.8 Å². The number of rotatable bonds is 7. The number of aromatic nitrogens is 2. The molecule has 2 heterocycles. The molecule has 23 heavy (non-hydrogen) atoms. The van der Waals surface area contributed by atoms with E-state index in [0.29, 0.717) is 19.0 Å². The van der Waals surface area contributed by atoms with Crippen LogP contribution in [0.1, 0.15) is 19.8 Å². The Kier molecular flexibility index (Phi) is 6.14. The molecule has 0 aromatic carbocycles. The lowest BCUT2D eigenvalue weighted by Crippen LogP contribution is -2.45. The molecule has 2 N–H and O–H groups in total. The number of nitrogens with zero attached hydrogens (tertiary/aromatic N) is 3. The highest BCUT2D eigenvalue weighted by Crippen LogP contribution is 2.16. The number of aryl methyl sites for hydroxylation is 1. The summed E-state index contributed by atoms with van der Waals surface area (Å²) in [7, 11) is -2.05. The molecule has 0 atom stereocenters. The maximum atomic E-state index is 12.2. The Morgan fingerprint density at radius 1 is 1.39 bits per heavy atom. The van der Waals surface area contributed by atoms with Crippen molar-refractivity contribution in [3.8, 4) is 0 Å². The summed E-state index contributed by atoms with van der Waals surface area (Å²) in [6.07, 6.45) is 4.71. The van der Waals surface area contributed by atoms with Crippen molar-refractivity contribution in [2.24, 2.45) is 13.0 Å². The average Bonchev–Trinajstić information content (AvgIpc) is 2.98. The molecule has 2 rings (SSSR count). The summed E-state index contributed by atoms with van der Waals surface area (Å²) in [5.41, 5.74) is 0. The number of carbonyl (C=O) groups is 1. The Balaban J connectivity index is 1.79. The third-order valence-electron chi connectivity index (χ3n) is 4.02. The minimum absolute atomic E-state index is 0.0721. The van der Waals surface area contributed by atoms with E-state index >= 15 is 0 Å². The highest BCUT2D eigenvalue weighted by atomic mass is 32.2. The van der Waals surface area contributed by atoms with Crippen LogP contribution in [0.15, 0.2) is 17.6 Å². The van der Waals surface area contributed by atoms with Crippen molar-refractivity contribution in [1.29, 1.82) is 0 Å². The van der Waals surface area contributed by atoms with Gasteiger partial charge in [0.05, 0.1) is 12.9 Å². The number of sulfonamides is 1. The molecule has 1 aliphatic heterocycles. The van der Waals surface area contributed by atoms with E-state index < -0.39 is 10.0 Å². The summed E-state index contributed by atoms with van der Waals surface area (Å²) < 4.78 is 27.9. The van der Waals surface area contributed by atoms with Gasteiger partial charge in [-0.2, -0.15) is 0 Å². The van der Waals surface area contributed by atoms with E-state index in [0.717, 1.165) is 25.9 Å². The highest BCUT2D eigenvalue weighted by molar-refractivity contribution is 7.89. The zero-order chi connectivity index (χ0) is 16.9. The molecule has 0 saturated carbocycles. The minimum atomic E-state index is -3.74. The van der Waals surface area contributed by atoms with Crippen molar-refractivity contribution in [2.75, 3.05) is 32.7 Å². The molecule has 1 aliphatic rings. The van der Waals surface area contributed by atoms with Gasteiger partial charge in [0.1, 0.15) is 0 Å². The molecule has 0 unspecified atom stereocenters. The first kappa shape index (κ1) is 17.9. The van der Waals surface area contributed by atoms with Crippen molar-refractivity contribution < 1.29 is 13.2 Å². The van der Waals surface area contributed by atoms with Crippen LogP contribution in [0, 0.1) is 5.92 Å². The van der Waals surface area contributed by atoms with Crippen LogP contribution in [0.5, 0.6) is 0 Å². The summed E-state index contributed by atoms with van der Waals surface area (Å²) in [6, 6.07) is 0. The molecule has 0 radical (unpaired) electrons. The topological polar surface area (TPSA) is 96.3 Å². The Hall–Kier alpha value is -1.45. The minimum Gasteiger partial charge on any atom is -0.342 e. The van der Waals surface area contributed by atoms with Gasteiger partial charge in [-0.15, -0.1) is 0 Å². The first-order chi connectivity index (χ1) is 10.9. The molecule has 130 valence electrons. The van der Waals surface area contributed by atoms with E-state index in [1.165, 1.54) is 12.5 Å². The molecule has 0 spiro atoms. The third kappa shape index (κ3) is 5.02. The van der Waals surface area contributed by atoms with Crippen molar-refractivity contribution in [3.63, 3.8) is 0 Å². The summed E-state index contributed by atoms with van der Waals surface area (Å²) in [5.74, 6) is 0.399. The molecule has 9 heteroatoms. The molecular formula is C14H25N5O3S. The number of hydrogen-bond donors (Lipinski definition) is 2. The number of likely N-dealkylation sites (tertiary alicyclic amines) is 1. The van der Waals surface area contributed by atoms with Crippen LogP contribution in [0.2, 0.25) is 0 Å². The Morgan fingerprint density at radius 2 is 2.09 bits per heavy atom. The van der Waals surface area contributed by atoms with Crippen molar-refractivity contribution in [3.05, 3.63) is 12.5 Å². The van der Waals surface area contributed by atoms with Crippen molar-refractivity contribution in [2.45, 2.75) is 24.8 Å². The van der Waals surface area contributed by atoms with E-state index in [-0.39, 0.29) is 17.5 Å². The lowest BCUT2D eigenvalue weighted by Gasteiger charge is -2.32. The summed E-state index contributed by atoms with van der Waals surface area (Å²) >= 11 is 0. The van der Waals surface area contributed by atoms with E-state index in [2.05, 4.69) is 21.9 Å². The van der Waals surface area contributed by atoms with Crippen LogP contribution < -0.4 is 10.0 Å². The highest BCUT2D eigenvalue weighted by Gasteiger charge is 2.24. The van der Waals surface area contributed by atoms with Gasteiger partial charge in [-0.05, 0) is 31.8 Å². The maximum absolute atomic E-state index is 12.2. The van der Waals surface area contributed by atoms with Crippen LogP contribution in [-0.2, 0) is 21.9 Å². The van der Waals surface area contributed by atoms with Gasteiger partial charge in [0.25, 0.3) is 10.0 Å². The largest absolute Gasteiger partial charge is 0.342 e. The number of nitrogens with one attached hydrogen (secondary N) is 2. The number of carbonyl (C=O) groups excluding carboxylic acids is 1. The smallest absolute Gasteiger partial charge is 0.260 e. The summed E-state index contributed by atoms with van der Waals surface area (Å²) in [6.45, 7) is 5.14. The Bertz CT molecular complexity index is 620. The molecule has 1 fully saturated rings. The van der Waals surface area contributed by atoms with Crippen LogP contribution in [0.25, 0.3) is 0 Å². The second-order valence-electron chi connectivity index (χ2n) is 5.83. The summed E-state index contributed by atoms with van der Waals surface area (Å²) in [5, 5.41) is 3.25. The molecule has 0 aliphatic carbocycles. The monoisotopic (exact) mass is 343 g/mol. The van der Waals surface area contributed by atoms with E-state index in [1.807, 2.05) is 0 Å². The second-order valence-corrected chi connectivity index (χ2v) is 7.55. The lowest BCUT2D eigenvalue weighted by atomic mass is 9.97. The zero-order valence-electron chi connectivity index (χ0n) is 13.7. The second kappa shape index (κ2) is 7.89. The number of piperidine rings is 1. The zero-order valence-corrected chi connectivity index (χ0v) is 14.5. The predicted molar refractivity (Wildman–Crippen MR) is 86.2 cm³/mol. The van der Waals surface area contributed by atoms with Crippen LogP contribution in [-0.4, -0.2) is 61.5 Å². The van der Waals surface area contributed by atoms with E-state index in [9.17, 15) is 13.2 Å². The average molecular weight is 343 g/mol. The van der Waals surface area contributed by atoms with Gasteiger partial charge >= 0.3 is 0 Å². The van der Waals surface area contributed by atoms with Gasteiger partial charge in [0.15, 0.2) is 5.03 Å². The molecule has 1 saturated heterocycles. The fourth-order valence-electron chi connectivity index (χ4n) is 2.61. The predicted octanol–water partition coefficient (Wildman–Crippen LogP) is -0.453. The molecule has 1 aromatic rings. The third-order valence-corrected chi connectivity index (χ3v) is 5.31. The fraction of sp³-hybridized carbons (Fsp3) is 0.714. The summed E-state index contributed by atoms with van der Waals surface area (Å²) in [4.78, 5) is 17.7. The van der Waals surface area contributed by atoms with Crippen molar-refractivity contribution >= 4 is 15.9 Å². The molecule has 1 amide bonds. The molecule has 8 nitrogen and oxygen atoms in total. The SMILES string of the molecule is CCNCC1CCN(C(=O)CNS(=O)(=O)c2cn(C)cn2)CC1. The quantitative estimate of drug-likeness (QED) is 0.699. The first-order valence-electron chi connectivity index (χ1n) is 7.88. The van der Waals surface area contributed by atoms with Gasteiger partial charge in [-0.3, -0.25) is 4.79 Å². The van der Waals surface area contributed by atoms with Gasteiger partial charge in [-0.25, -0.2) is 18.1 Å². The van der Waals surface area contributed by atoms with Crippen LogP contribution >= 0.6 is 0 Å². The standard InChI is InChI=1S/C14H25N5O3S/c1-3-15-8-12-4-6-19(7-5-12)14(20)9-17-23(21,22)13-10-18(2)11-16-13/h10-12,15,17H,3-9H2,1-2H3. The molecule has 0 bridgehead atoms. The van der Waals surface area contributed by atoms with Gasteiger partial charge in [-0.1, -0.05) is 6.92 Å². The van der Waals surface area contributed by atoms with Gasteiger partial charge in [0, 0.05) is 26.3 Å². The molecular weight excluding hydrogens is 318 g/mol. The fourth-order valence-corrected chi connectivity index (χ4v) is 3.56. The lowest BCUT2D eigenvalue weighted by molar-refractivity contribution is -0.131. The van der Waals surface area contributed by atoms with Crippen LogP contribution in [0.4, 0.5) is 0 Å². The number of imidazole rings is 1. The van der Waals surface area contributed by atoms with E-state index in [1.54, 1.807) is 16.5 Å². The number of amides is 1. The Labute approximate surface area is 137 Å². The molecule has 1 aromatic heterocycles. The van der Waals surface area contributed by atoms with Gasteiger partial charge in [0.2, 0.25) is 5.91 Å². The first-order valence-corrected chi connectivity index (χ1v) is 9.37.